The minimum Gasteiger partial charge on any atom is -0.490 e. The van der Waals surface area contributed by atoms with Crippen LogP contribution in [0, 0.1) is 0 Å². The predicted octanol–water partition coefficient (Wildman–Crippen LogP) is 7.68. The van der Waals surface area contributed by atoms with Gasteiger partial charge in [-0.3, -0.25) is 4.79 Å². The zero-order valence-electron chi connectivity index (χ0n) is 26.6. The largest absolute Gasteiger partial charge is 0.490 e. The second-order valence-corrected chi connectivity index (χ2v) is 12.5. The number of aliphatic hydroxyl groups is 1. The number of esters is 1. The van der Waals surface area contributed by atoms with E-state index in [1.54, 1.807) is 4.90 Å². The maximum Gasteiger partial charge on any atom is 0.410 e. The van der Waals surface area contributed by atoms with Crippen LogP contribution in [0.15, 0.2) is 72.8 Å². The van der Waals surface area contributed by atoms with Crippen molar-refractivity contribution in [3.05, 3.63) is 89.5 Å². The Bertz CT molecular complexity index is 1340. The Labute approximate surface area is 262 Å². The first-order valence-corrected chi connectivity index (χ1v) is 15.9. The summed E-state index contributed by atoms with van der Waals surface area (Å²) in [6.45, 7) is 8.22. The molecule has 1 amide bonds. The lowest BCUT2D eigenvalue weighted by Crippen LogP contribution is -2.40. The molecule has 7 heteroatoms. The molecule has 3 aromatic rings. The second-order valence-electron chi connectivity index (χ2n) is 12.5. The summed E-state index contributed by atoms with van der Waals surface area (Å²) in [7, 11) is 0. The van der Waals surface area contributed by atoms with Gasteiger partial charge in [0, 0.05) is 12.1 Å². The Morgan fingerprint density at radius 2 is 1.61 bits per heavy atom. The first-order valence-electron chi connectivity index (χ1n) is 15.9. The van der Waals surface area contributed by atoms with Gasteiger partial charge < -0.3 is 24.2 Å². The number of hydrogen-bond acceptors (Lipinski definition) is 6. The summed E-state index contributed by atoms with van der Waals surface area (Å²) in [6, 6.07) is 23.6. The monoisotopic (exact) mass is 601 g/mol. The topological polar surface area (TPSA) is 85.3 Å². The van der Waals surface area contributed by atoms with Gasteiger partial charge in [0.1, 0.15) is 11.4 Å². The molecule has 1 fully saturated rings. The molecule has 236 valence electrons. The zero-order chi connectivity index (χ0) is 31.5. The van der Waals surface area contributed by atoms with E-state index >= 15 is 0 Å². The van der Waals surface area contributed by atoms with Gasteiger partial charge >= 0.3 is 12.1 Å². The third-order valence-electron chi connectivity index (χ3n) is 7.74. The average molecular weight is 602 g/mol. The lowest BCUT2D eigenvalue weighted by atomic mass is 9.97. The van der Waals surface area contributed by atoms with Crippen LogP contribution < -0.4 is 4.74 Å². The van der Waals surface area contributed by atoms with Crippen molar-refractivity contribution in [2.45, 2.75) is 90.4 Å². The highest BCUT2D eigenvalue weighted by molar-refractivity contribution is 5.75. The summed E-state index contributed by atoms with van der Waals surface area (Å²) < 4.78 is 17.3. The first kappa shape index (κ1) is 33.1. The third kappa shape index (κ3) is 10.1. The molecule has 0 aromatic heterocycles. The average Bonchev–Trinajstić information content (AvgIpc) is 3.00. The summed E-state index contributed by atoms with van der Waals surface area (Å²) in [5.41, 5.74) is 4.07. The number of amides is 1. The smallest absolute Gasteiger partial charge is 0.410 e. The van der Waals surface area contributed by atoms with Crippen LogP contribution in [0.3, 0.4) is 0 Å². The van der Waals surface area contributed by atoms with E-state index in [0.29, 0.717) is 19.6 Å². The molecule has 0 radical (unpaired) electrons. The molecule has 0 unspecified atom stereocenters. The summed E-state index contributed by atoms with van der Waals surface area (Å²) in [5.74, 6) is 0.492. The molecule has 3 aromatic carbocycles. The van der Waals surface area contributed by atoms with Crippen LogP contribution in [0.1, 0.15) is 82.6 Å². The normalized spacial score (nSPS) is 14.5. The van der Waals surface area contributed by atoms with Gasteiger partial charge in [0.15, 0.2) is 0 Å². The number of benzene rings is 3. The maximum atomic E-state index is 13.0. The van der Waals surface area contributed by atoms with Crippen LogP contribution in [0.25, 0.3) is 11.1 Å². The summed E-state index contributed by atoms with van der Waals surface area (Å²) >= 11 is 0. The highest BCUT2D eigenvalue weighted by Gasteiger charge is 2.25. The Morgan fingerprint density at radius 3 is 2.27 bits per heavy atom. The van der Waals surface area contributed by atoms with Gasteiger partial charge in [-0.05, 0) is 88.1 Å². The number of nitrogens with zero attached hydrogens (tertiary/aromatic N) is 1. The van der Waals surface area contributed by atoms with Crippen molar-refractivity contribution < 1.29 is 28.9 Å². The van der Waals surface area contributed by atoms with Gasteiger partial charge in [-0.1, -0.05) is 73.2 Å². The van der Waals surface area contributed by atoms with E-state index in [1.807, 2.05) is 76.2 Å². The molecule has 1 saturated carbocycles. The van der Waals surface area contributed by atoms with Crippen molar-refractivity contribution in [1.82, 2.24) is 4.90 Å². The standard InChI is InChI=1S/C37H47NO6/c1-5-42-35(40)25-31-21-20-30(24-34(31)43-32-14-10-7-11-15-32)28-18-16-27(17-19-28)22-23-38(36(41)44-37(2,3)4)26-33(39)29-12-8-6-9-13-29/h6,8-9,12-13,16-21,24,32-33,39H,5,7,10-11,14-15,22-23,25-26H2,1-4H3/t33-/m0/s1. The molecule has 0 aliphatic heterocycles. The lowest BCUT2D eigenvalue weighted by molar-refractivity contribution is -0.142. The van der Waals surface area contributed by atoms with Crippen molar-refractivity contribution in [2.75, 3.05) is 19.7 Å². The van der Waals surface area contributed by atoms with E-state index in [-0.39, 0.29) is 25.0 Å². The molecule has 4 rings (SSSR count). The van der Waals surface area contributed by atoms with Crippen LogP contribution in [0.4, 0.5) is 4.79 Å². The van der Waals surface area contributed by atoms with E-state index < -0.39 is 17.8 Å². The summed E-state index contributed by atoms with van der Waals surface area (Å²) in [6.07, 6.45) is 5.31. The van der Waals surface area contributed by atoms with Crippen LogP contribution in [-0.4, -0.2) is 53.5 Å². The van der Waals surface area contributed by atoms with E-state index in [9.17, 15) is 14.7 Å². The molecule has 0 heterocycles. The summed E-state index contributed by atoms with van der Waals surface area (Å²) in [4.78, 5) is 26.9. The Morgan fingerprint density at radius 1 is 0.932 bits per heavy atom. The fourth-order valence-electron chi connectivity index (χ4n) is 5.42. The fraction of sp³-hybridized carbons (Fsp3) is 0.459. The Balaban J connectivity index is 1.47. The Kier molecular flexibility index (Phi) is 11.8. The van der Waals surface area contributed by atoms with Crippen molar-refractivity contribution >= 4 is 12.1 Å². The Hall–Kier alpha value is -3.84. The number of aliphatic hydroxyl groups excluding tert-OH is 1. The lowest BCUT2D eigenvalue weighted by Gasteiger charge is -2.29. The minimum atomic E-state index is -0.817. The molecular weight excluding hydrogens is 554 g/mol. The minimum absolute atomic E-state index is 0.138. The molecule has 0 saturated heterocycles. The van der Waals surface area contributed by atoms with Gasteiger partial charge in [0.05, 0.1) is 31.8 Å². The molecule has 44 heavy (non-hydrogen) atoms. The molecule has 1 N–H and O–H groups in total. The highest BCUT2D eigenvalue weighted by atomic mass is 16.6. The van der Waals surface area contributed by atoms with E-state index in [1.165, 1.54) is 6.42 Å². The van der Waals surface area contributed by atoms with Crippen molar-refractivity contribution in [2.24, 2.45) is 0 Å². The molecule has 0 spiro atoms. The van der Waals surface area contributed by atoms with E-state index in [0.717, 1.165) is 59.3 Å². The van der Waals surface area contributed by atoms with Gasteiger partial charge in [-0.15, -0.1) is 0 Å². The third-order valence-corrected chi connectivity index (χ3v) is 7.74. The molecule has 1 aliphatic carbocycles. The van der Waals surface area contributed by atoms with Gasteiger partial charge in [0.25, 0.3) is 0 Å². The van der Waals surface area contributed by atoms with Gasteiger partial charge in [-0.25, -0.2) is 4.79 Å². The molecule has 7 nitrogen and oxygen atoms in total. The zero-order valence-corrected chi connectivity index (χ0v) is 26.6. The van der Waals surface area contributed by atoms with E-state index in [2.05, 4.69) is 24.3 Å². The van der Waals surface area contributed by atoms with Crippen LogP contribution in [0.5, 0.6) is 5.75 Å². The maximum absolute atomic E-state index is 13.0. The van der Waals surface area contributed by atoms with Crippen LogP contribution in [-0.2, 0) is 27.1 Å². The second kappa shape index (κ2) is 15.8. The SMILES string of the molecule is CCOC(=O)Cc1ccc(-c2ccc(CCN(C[C@H](O)c3ccccc3)C(=O)OC(C)(C)C)cc2)cc1OC1CCCCC1. The molecular formula is C37H47NO6. The number of ether oxygens (including phenoxy) is 3. The van der Waals surface area contributed by atoms with Gasteiger partial charge in [-0.2, -0.15) is 0 Å². The van der Waals surface area contributed by atoms with Gasteiger partial charge in [0.2, 0.25) is 0 Å². The van der Waals surface area contributed by atoms with Crippen LogP contribution >= 0.6 is 0 Å². The highest BCUT2D eigenvalue weighted by Crippen LogP contribution is 2.32. The quantitative estimate of drug-likeness (QED) is 0.214. The number of carbonyl (C=O) groups excluding carboxylic acids is 2. The summed E-state index contributed by atoms with van der Waals surface area (Å²) in [5, 5.41) is 10.8. The number of rotatable bonds is 12. The molecule has 1 atom stereocenters. The van der Waals surface area contributed by atoms with Crippen molar-refractivity contribution in [3.63, 3.8) is 0 Å². The number of carbonyl (C=O) groups is 2. The first-order chi connectivity index (χ1) is 21.1. The van der Waals surface area contributed by atoms with Crippen molar-refractivity contribution in [3.8, 4) is 16.9 Å². The number of hydrogen-bond donors (Lipinski definition) is 1. The molecule has 1 aliphatic rings. The predicted molar refractivity (Wildman–Crippen MR) is 173 cm³/mol. The fourth-order valence-corrected chi connectivity index (χ4v) is 5.42. The molecule has 0 bridgehead atoms. The van der Waals surface area contributed by atoms with E-state index in [4.69, 9.17) is 14.2 Å². The van der Waals surface area contributed by atoms with Crippen LogP contribution in [0.2, 0.25) is 0 Å². The van der Waals surface area contributed by atoms with Crippen molar-refractivity contribution in [1.29, 1.82) is 0 Å².